The van der Waals surface area contributed by atoms with Crippen LogP contribution in [0.4, 0.5) is 0 Å². The molecule has 0 aromatic carbocycles. The first-order chi connectivity index (χ1) is 5.14. The van der Waals surface area contributed by atoms with Gasteiger partial charge in [0.05, 0.1) is 13.2 Å². The van der Waals surface area contributed by atoms with Gasteiger partial charge in [0.1, 0.15) is 6.10 Å². The molecule has 0 spiro atoms. The minimum atomic E-state index is -3.52. The van der Waals surface area contributed by atoms with Crippen molar-refractivity contribution in [2.45, 2.75) is 13.0 Å². The predicted molar refractivity (Wildman–Crippen MR) is 38.3 cm³/mol. The lowest BCUT2D eigenvalue weighted by atomic mass is 10.3. The molecule has 0 amide bonds. The van der Waals surface area contributed by atoms with Gasteiger partial charge in [-0.05, 0) is 0 Å². The van der Waals surface area contributed by atoms with E-state index in [1.165, 1.54) is 0 Å². The first-order valence-electron chi connectivity index (χ1n) is 3.39. The van der Waals surface area contributed by atoms with Crippen LogP contribution in [0.25, 0.3) is 0 Å². The lowest BCUT2D eigenvalue weighted by Gasteiger charge is -2.24. The molecule has 0 radical (unpaired) electrons. The van der Waals surface area contributed by atoms with E-state index in [-0.39, 0.29) is 6.10 Å². The summed E-state index contributed by atoms with van der Waals surface area (Å²) >= 11 is 0. The van der Waals surface area contributed by atoms with E-state index in [0.717, 1.165) is 0 Å². The van der Waals surface area contributed by atoms with Crippen LogP contribution in [0.1, 0.15) is 6.92 Å². The van der Waals surface area contributed by atoms with Crippen LogP contribution in [-0.2, 0) is 19.2 Å². The van der Waals surface area contributed by atoms with E-state index in [1.807, 2.05) is 0 Å². The van der Waals surface area contributed by atoms with Crippen molar-refractivity contribution in [3.63, 3.8) is 0 Å². The van der Waals surface area contributed by atoms with Gasteiger partial charge in [0, 0.05) is 6.54 Å². The molecule has 0 aromatic heterocycles. The Balaban J connectivity index is 2.33. The van der Waals surface area contributed by atoms with Crippen LogP contribution in [-0.4, -0.2) is 34.3 Å². The van der Waals surface area contributed by atoms with Gasteiger partial charge >= 0.3 is 10.3 Å². The van der Waals surface area contributed by atoms with Crippen molar-refractivity contribution in [2.24, 2.45) is 0 Å². The third-order valence-electron chi connectivity index (χ3n) is 1.19. The van der Waals surface area contributed by atoms with Gasteiger partial charge in [-0.1, -0.05) is 6.92 Å². The van der Waals surface area contributed by atoms with Crippen molar-refractivity contribution >= 4 is 10.3 Å². The van der Waals surface area contributed by atoms with Gasteiger partial charge in [0.15, 0.2) is 0 Å². The molecule has 11 heavy (non-hydrogen) atoms. The van der Waals surface area contributed by atoms with E-state index < -0.39 is 10.3 Å². The largest absolute Gasteiger partial charge is 0.376 e. The summed E-state index contributed by atoms with van der Waals surface area (Å²) in [4.78, 5) is 0. The van der Waals surface area contributed by atoms with Crippen LogP contribution < -0.4 is 4.72 Å². The molecule has 1 N–H and O–H groups in total. The van der Waals surface area contributed by atoms with E-state index in [2.05, 4.69) is 8.91 Å². The van der Waals surface area contributed by atoms with Gasteiger partial charge < -0.3 is 4.74 Å². The summed E-state index contributed by atoms with van der Waals surface area (Å²) in [5.74, 6) is 0. The van der Waals surface area contributed by atoms with Crippen LogP contribution in [0, 0.1) is 0 Å². The van der Waals surface area contributed by atoms with E-state index in [4.69, 9.17) is 4.74 Å². The standard InChI is InChI=1S/C5H11NO4S/c1-2-6-11(7,8)10-5-3-9-4-5/h5-6H,2-4H2,1H3. The Bertz CT molecular complexity index is 209. The number of nitrogens with one attached hydrogen (secondary N) is 1. The minimum Gasteiger partial charge on any atom is -0.376 e. The van der Waals surface area contributed by atoms with Gasteiger partial charge in [0.25, 0.3) is 0 Å². The minimum absolute atomic E-state index is 0.293. The fraction of sp³-hybridized carbons (Fsp3) is 1.00. The highest BCUT2D eigenvalue weighted by molar-refractivity contribution is 7.84. The highest BCUT2D eigenvalue weighted by Gasteiger charge is 2.25. The van der Waals surface area contributed by atoms with Crippen molar-refractivity contribution in [1.82, 2.24) is 4.72 Å². The summed E-state index contributed by atoms with van der Waals surface area (Å²) < 4.78 is 33.3. The molecular formula is C5H11NO4S. The van der Waals surface area contributed by atoms with Crippen molar-refractivity contribution in [1.29, 1.82) is 0 Å². The summed E-state index contributed by atoms with van der Waals surface area (Å²) in [6.45, 7) is 2.77. The summed E-state index contributed by atoms with van der Waals surface area (Å²) in [5.41, 5.74) is 0. The molecule has 1 heterocycles. The molecule has 0 unspecified atom stereocenters. The summed E-state index contributed by atoms with van der Waals surface area (Å²) in [6.07, 6.45) is -0.293. The van der Waals surface area contributed by atoms with Crippen LogP contribution >= 0.6 is 0 Å². The van der Waals surface area contributed by atoms with Crippen LogP contribution in [0.15, 0.2) is 0 Å². The predicted octanol–water partition coefficient (Wildman–Crippen LogP) is -0.744. The zero-order valence-corrected chi connectivity index (χ0v) is 7.06. The lowest BCUT2D eigenvalue weighted by molar-refractivity contribution is -0.0774. The first kappa shape index (κ1) is 8.92. The number of rotatable bonds is 4. The van der Waals surface area contributed by atoms with Gasteiger partial charge in [-0.2, -0.15) is 13.1 Å². The van der Waals surface area contributed by atoms with E-state index in [0.29, 0.717) is 19.8 Å². The maximum atomic E-state index is 10.8. The molecule has 1 saturated heterocycles. The maximum Gasteiger partial charge on any atom is 0.336 e. The zero-order chi connectivity index (χ0) is 8.32. The number of hydrogen-bond donors (Lipinski definition) is 1. The molecule has 66 valence electrons. The second kappa shape index (κ2) is 3.48. The Kier molecular flexibility index (Phi) is 2.83. The monoisotopic (exact) mass is 181 g/mol. The Morgan fingerprint density at radius 2 is 2.27 bits per heavy atom. The quantitative estimate of drug-likeness (QED) is 0.620. The molecule has 0 aliphatic carbocycles. The van der Waals surface area contributed by atoms with Crippen LogP contribution in [0.3, 0.4) is 0 Å². The van der Waals surface area contributed by atoms with Gasteiger partial charge in [-0.3, -0.25) is 0 Å². The smallest absolute Gasteiger partial charge is 0.336 e. The Hall–Kier alpha value is -0.170. The number of hydrogen-bond acceptors (Lipinski definition) is 4. The molecule has 1 rings (SSSR count). The molecular weight excluding hydrogens is 170 g/mol. The van der Waals surface area contributed by atoms with Gasteiger partial charge in [-0.15, -0.1) is 0 Å². The molecule has 0 saturated carbocycles. The molecule has 5 nitrogen and oxygen atoms in total. The molecule has 0 aromatic rings. The summed E-state index contributed by atoms with van der Waals surface area (Å²) in [5, 5.41) is 0. The molecule has 0 bridgehead atoms. The molecule has 1 aliphatic rings. The van der Waals surface area contributed by atoms with Crippen molar-refractivity contribution in [3.8, 4) is 0 Å². The highest BCUT2D eigenvalue weighted by atomic mass is 32.2. The van der Waals surface area contributed by atoms with E-state index >= 15 is 0 Å². The highest BCUT2D eigenvalue weighted by Crippen LogP contribution is 2.07. The average molecular weight is 181 g/mol. The second-order valence-corrected chi connectivity index (χ2v) is 3.60. The molecule has 1 aliphatic heterocycles. The fourth-order valence-electron chi connectivity index (χ4n) is 0.660. The average Bonchev–Trinajstić information content (AvgIpc) is 1.79. The zero-order valence-electron chi connectivity index (χ0n) is 6.24. The van der Waals surface area contributed by atoms with Crippen LogP contribution in [0.5, 0.6) is 0 Å². The number of ether oxygens (including phenoxy) is 1. The summed E-state index contributed by atoms with van der Waals surface area (Å²) in [6, 6.07) is 0. The van der Waals surface area contributed by atoms with Gasteiger partial charge in [0.2, 0.25) is 0 Å². The van der Waals surface area contributed by atoms with E-state index in [1.54, 1.807) is 6.92 Å². The Morgan fingerprint density at radius 1 is 1.64 bits per heavy atom. The Morgan fingerprint density at radius 3 is 2.64 bits per heavy atom. The molecule has 6 heteroatoms. The summed E-state index contributed by atoms with van der Waals surface area (Å²) in [7, 11) is -3.52. The molecule has 1 fully saturated rings. The van der Waals surface area contributed by atoms with Gasteiger partial charge in [-0.25, -0.2) is 4.18 Å². The lowest BCUT2D eigenvalue weighted by Crippen LogP contribution is -2.41. The van der Waals surface area contributed by atoms with Crippen molar-refractivity contribution < 1.29 is 17.3 Å². The maximum absolute atomic E-state index is 10.8. The topological polar surface area (TPSA) is 64.6 Å². The van der Waals surface area contributed by atoms with Crippen molar-refractivity contribution in [3.05, 3.63) is 0 Å². The Labute approximate surface area is 65.9 Å². The third kappa shape index (κ3) is 2.74. The third-order valence-corrected chi connectivity index (χ3v) is 2.36. The normalized spacial score (nSPS) is 19.7. The van der Waals surface area contributed by atoms with E-state index in [9.17, 15) is 8.42 Å². The fourth-order valence-corrected chi connectivity index (χ4v) is 1.55. The SMILES string of the molecule is CCNS(=O)(=O)OC1COC1. The second-order valence-electron chi connectivity index (χ2n) is 2.21. The molecule has 0 atom stereocenters. The van der Waals surface area contributed by atoms with Crippen molar-refractivity contribution in [2.75, 3.05) is 19.8 Å². The van der Waals surface area contributed by atoms with Crippen LogP contribution in [0.2, 0.25) is 0 Å². The first-order valence-corrected chi connectivity index (χ1v) is 4.80.